The number of hydrogen-bond donors (Lipinski definition) is 0. The van der Waals surface area contributed by atoms with Crippen molar-refractivity contribution < 1.29 is 9.53 Å². The zero-order valence-electron chi connectivity index (χ0n) is 13.6. The van der Waals surface area contributed by atoms with Crippen molar-refractivity contribution in [1.29, 1.82) is 0 Å². The second-order valence-corrected chi connectivity index (χ2v) is 8.14. The van der Waals surface area contributed by atoms with Gasteiger partial charge in [0, 0.05) is 43.6 Å². The van der Waals surface area contributed by atoms with Crippen LogP contribution in [0.3, 0.4) is 0 Å². The van der Waals surface area contributed by atoms with Gasteiger partial charge in [-0.15, -0.1) is 11.3 Å². The summed E-state index contributed by atoms with van der Waals surface area (Å²) in [4.78, 5) is 21.4. The van der Waals surface area contributed by atoms with Crippen LogP contribution < -0.4 is 0 Å². The third-order valence-corrected chi connectivity index (χ3v) is 6.24. The molecular weight excluding hydrogens is 310 g/mol. The number of amides is 1. The third kappa shape index (κ3) is 3.30. The molecule has 0 unspecified atom stereocenters. The van der Waals surface area contributed by atoms with Gasteiger partial charge in [0.25, 0.3) is 5.91 Å². The molecule has 1 aromatic heterocycles. The standard InChI is InChI=1S/C17H25N3O2S/c21-16(15-10-23-13-18-15)20-5-1-3-17(12-20)4-6-19(11-17)8-14-2-7-22-9-14/h10,13-14H,1-9,11-12H2/t14-,17-/m0/s1. The Hall–Kier alpha value is -0.980. The van der Waals surface area contributed by atoms with Gasteiger partial charge in [-0.1, -0.05) is 0 Å². The Morgan fingerprint density at radius 1 is 1.39 bits per heavy atom. The van der Waals surface area contributed by atoms with Crippen LogP contribution >= 0.6 is 11.3 Å². The molecule has 4 heterocycles. The van der Waals surface area contributed by atoms with Gasteiger partial charge in [0.15, 0.2) is 0 Å². The second kappa shape index (κ2) is 6.49. The highest BCUT2D eigenvalue weighted by atomic mass is 32.1. The van der Waals surface area contributed by atoms with Gasteiger partial charge in [-0.25, -0.2) is 4.98 Å². The predicted octanol–water partition coefficient (Wildman–Crippen LogP) is 2.11. The molecule has 5 nitrogen and oxygen atoms in total. The van der Waals surface area contributed by atoms with Crippen molar-refractivity contribution in [3.05, 3.63) is 16.6 Å². The molecule has 3 saturated heterocycles. The second-order valence-electron chi connectivity index (χ2n) is 7.42. The summed E-state index contributed by atoms with van der Waals surface area (Å²) in [6, 6.07) is 0. The molecule has 1 aromatic rings. The Kier molecular flexibility index (Phi) is 4.39. The van der Waals surface area contributed by atoms with Crippen molar-refractivity contribution in [2.45, 2.75) is 25.7 Å². The van der Waals surface area contributed by atoms with Crippen LogP contribution in [-0.2, 0) is 4.74 Å². The van der Waals surface area contributed by atoms with Crippen LogP contribution in [0.4, 0.5) is 0 Å². The Bertz CT molecular complexity index is 544. The lowest BCUT2D eigenvalue weighted by Crippen LogP contribution is -2.47. The smallest absolute Gasteiger partial charge is 0.273 e. The van der Waals surface area contributed by atoms with Crippen LogP contribution in [0.25, 0.3) is 0 Å². The fraction of sp³-hybridized carbons (Fsp3) is 0.765. The quantitative estimate of drug-likeness (QED) is 0.849. The monoisotopic (exact) mass is 335 g/mol. The van der Waals surface area contributed by atoms with Crippen molar-refractivity contribution in [2.75, 3.05) is 45.9 Å². The minimum absolute atomic E-state index is 0.118. The summed E-state index contributed by atoms with van der Waals surface area (Å²) in [5.74, 6) is 0.828. The van der Waals surface area contributed by atoms with Gasteiger partial charge in [-0.2, -0.15) is 0 Å². The van der Waals surface area contributed by atoms with Crippen molar-refractivity contribution in [1.82, 2.24) is 14.8 Å². The molecule has 3 aliphatic rings. The molecule has 0 N–H and O–H groups in total. The lowest BCUT2D eigenvalue weighted by atomic mass is 9.79. The van der Waals surface area contributed by atoms with E-state index in [1.165, 1.54) is 43.7 Å². The average Bonchev–Trinajstić information content (AvgIpc) is 3.30. The highest BCUT2D eigenvalue weighted by Gasteiger charge is 2.43. The van der Waals surface area contributed by atoms with E-state index in [0.29, 0.717) is 17.0 Å². The van der Waals surface area contributed by atoms with E-state index in [0.717, 1.165) is 39.3 Å². The highest BCUT2D eigenvalue weighted by molar-refractivity contribution is 7.07. The Morgan fingerprint density at radius 2 is 2.35 bits per heavy atom. The fourth-order valence-corrected chi connectivity index (χ4v) is 5.00. The number of carbonyl (C=O) groups excluding carboxylic acids is 1. The topological polar surface area (TPSA) is 45.7 Å². The Morgan fingerprint density at radius 3 is 3.13 bits per heavy atom. The van der Waals surface area contributed by atoms with E-state index >= 15 is 0 Å². The molecule has 0 radical (unpaired) electrons. The first kappa shape index (κ1) is 15.5. The maximum absolute atomic E-state index is 12.6. The molecule has 1 spiro atoms. The maximum atomic E-state index is 12.6. The molecule has 0 aromatic carbocycles. The van der Waals surface area contributed by atoms with E-state index in [9.17, 15) is 4.79 Å². The van der Waals surface area contributed by atoms with E-state index in [1.807, 2.05) is 10.3 Å². The number of aromatic nitrogens is 1. The van der Waals surface area contributed by atoms with E-state index in [-0.39, 0.29) is 5.91 Å². The lowest BCUT2D eigenvalue weighted by Gasteiger charge is -2.40. The molecular formula is C17H25N3O2S. The van der Waals surface area contributed by atoms with E-state index in [1.54, 1.807) is 5.51 Å². The molecule has 0 bridgehead atoms. The van der Waals surface area contributed by atoms with Crippen molar-refractivity contribution in [3.8, 4) is 0 Å². The number of likely N-dealkylation sites (tertiary alicyclic amines) is 2. The molecule has 0 aliphatic carbocycles. The van der Waals surface area contributed by atoms with E-state index in [2.05, 4.69) is 9.88 Å². The summed E-state index contributed by atoms with van der Waals surface area (Å²) in [7, 11) is 0. The summed E-state index contributed by atoms with van der Waals surface area (Å²) < 4.78 is 5.51. The van der Waals surface area contributed by atoms with Gasteiger partial charge >= 0.3 is 0 Å². The van der Waals surface area contributed by atoms with Gasteiger partial charge in [0.1, 0.15) is 5.69 Å². The predicted molar refractivity (Wildman–Crippen MR) is 89.7 cm³/mol. The summed E-state index contributed by atoms with van der Waals surface area (Å²) in [5.41, 5.74) is 2.67. The van der Waals surface area contributed by atoms with Crippen LogP contribution in [0.1, 0.15) is 36.2 Å². The molecule has 6 heteroatoms. The Labute approximate surface area is 141 Å². The minimum atomic E-state index is 0.118. The molecule has 126 valence electrons. The number of carbonyl (C=O) groups is 1. The number of hydrogen-bond acceptors (Lipinski definition) is 5. The average molecular weight is 335 g/mol. The molecule has 1 amide bonds. The van der Waals surface area contributed by atoms with Crippen molar-refractivity contribution >= 4 is 17.2 Å². The molecule has 0 saturated carbocycles. The van der Waals surface area contributed by atoms with Crippen LogP contribution in [0.5, 0.6) is 0 Å². The fourth-order valence-electron chi connectivity index (χ4n) is 4.47. The molecule has 3 aliphatic heterocycles. The first-order chi connectivity index (χ1) is 11.2. The number of piperidine rings is 1. The van der Waals surface area contributed by atoms with Gasteiger partial charge in [-0.05, 0) is 38.1 Å². The van der Waals surface area contributed by atoms with Crippen LogP contribution in [-0.4, -0.2) is 66.6 Å². The molecule has 3 fully saturated rings. The summed E-state index contributed by atoms with van der Waals surface area (Å²) in [6.45, 7) is 7.13. The largest absolute Gasteiger partial charge is 0.381 e. The van der Waals surface area contributed by atoms with Gasteiger partial charge in [-0.3, -0.25) is 4.79 Å². The zero-order valence-corrected chi connectivity index (χ0v) is 14.4. The van der Waals surface area contributed by atoms with Gasteiger partial charge in [0.05, 0.1) is 12.1 Å². The highest BCUT2D eigenvalue weighted by Crippen LogP contribution is 2.39. The maximum Gasteiger partial charge on any atom is 0.273 e. The zero-order chi connectivity index (χ0) is 15.7. The number of rotatable bonds is 3. The minimum Gasteiger partial charge on any atom is -0.381 e. The van der Waals surface area contributed by atoms with Crippen molar-refractivity contribution in [3.63, 3.8) is 0 Å². The summed E-state index contributed by atoms with van der Waals surface area (Å²) in [6.07, 6.45) is 4.81. The number of thiazole rings is 1. The van der Waals surface area contributed by atoms with Crippen LogP contribution in [0.2, 0.25) is 0 Å². The van der Waals surface area contributed by atoms with Gasteiger partial charge in [0.2, 0.25) is 0 Å². The van der Waals surface area contributed by atoms with Crippen LogP contribution in [0.15, 0.2) is 10.9 Å². The normalized spacial score (nSPS) is 32.0. The number of ether oxygens (including phenoxy) is 1. The third-order valence-electron chi connectivity index (χ3n) is 5.66. The van der Waals surface area contributed by atoms with E-state index in [4.69, 9.17) is 4.74 Å². The summed E-state index contributed by atoms with van der Waals surface area (Å²) in [5, 5.41) is 1.87. The van der Waals surface area contributed by atoms with E-state index < -0.39 is 0 Å². The number of nitrogens with zero attached hydrogens (tertiary/aromatic N) is 3. The molecule has 23 heavy (non-hydrogen) atoms. The first-order valence-electron chi connectivity index (χ1n) is 8.72. The molecule has 4 rings (SSSR count). The SMILES string of the molecule is O=C(c1cscn1)N1CCC[C@@]2(CCN(C[C@@H]3CCOC3)C2)C1. The van der Waals surface area contributed by atoms with Crippen LogP contribution in [0, 0.1) is 11.3 Å². The Balaban J connectivity index is 1.38. The summed E-state index contributed by atoms with van der Waals surface area (Å²) >= 11 is 1.50. The first-order valence-corrected chi connectivity index (χ1v) is 9.66. The molecule has 2 atom stereocenters. The lowest BCUT2D eigenvalue weighted by molar-refractivity contribution is 0.0519. The van der Waals surface area contributed by atoms with Gasteiger partial charge < -0.3 is 14.5 Å². The van der Waals surface area contributed by atoms with Crippen molar-refractivity contribution in [2.24, 2.45) is 11.3 Å².